The van der Waals surface area contributed by atoms with Crippen LogP contribution in [-0.2, 0) is 6.54 Å². The molecule has 0 spiro atoms. The van der Waals surface area contributed by atoms with Crippen molar-refractivity contribution in [3.8, 4) is 11.1 Å². The maximum atomic E-state index is 12.9. The fourth-order valence-electron chi connectivity index (χ4n) is 4.31. The van der Waals surface area contributed by atoms with Gasteiger partial charge in [-0.2, -0.15) is 0 Å². The Morgan fingerprint density at radius 1 is 1.12 bits per heavy atom. The van der Waals surface area contributed by atoms with E-state index >= 15 is 0 Å². The van der Waals surface area contributed by atoms with E-state index in [-0.39, 0.29) is 11.9 Å². The van der Waals surface area contributed by atoms with Crippen LogP contribution in [0.5, 0.6) is 0 Å². The Hall–Kier alpha value is -3.74. The number of amides is 1. The quantitative estimate of drug-likeness (QED) is 0.438. The van der Waals surface area contributed by atoms with Crippen LogP contribution in [0.4, 0.5) is 5.82 Å². The van der Waals surface area contributed by atoms with Crippen LogP contribution in [0.1, 0.15) is 47.4 Å². The van der Waals surface area contributed by atoms with Gasteiger partial charge in [0.15, 0.2) is 0 Å². The van der Waals surface area contributed by atoms with E-state index in [0.29, 0.717) is 18.3 Å². The second-order valence-corrected chi connectivity index (χ2v) is 9.07. The van der Waals surface area contributed by atoms with Crippen LogP contribution >= 0.6 is 0 Å². The Kier molecular flexibility index (Phi) is 4.82. The lowest BCUT2D eigenvalue weighted by atomic mass is 9.96. The number of benzene rings is 2. The number of aryl methyl sites for hydroxylation is 1. The van der Waals surface area contributed by atoms with Gasteiger partial charge in [-0.25, -0.2) is 9.97 Å². The number of fused-ring (bicyclic) bond motifs is 1. The number of nitrogens with one attached hydrogen (secondary N) is 1. The number of hydrogen-bond donors (Lipinski definition) is 1. The van der Waals surface area contributed by atoms with E-state index in [1.54, 1.807) is 12.4 Å². The van der Waals surface area contributed by atoms with Crippen molar-refractivity contribution in [2.24, 2.45) is 0 Å². The van der Waals surface area contributed by atoms with Crippen LogP contribution in [0, 0.1) is 6.92 Å². The average Bonchev–Trinajstić information content (AvgIpc) is 3.76. The highest BCUT2D eigenvalue weighted by Crippen LogP contribution is 2.34. The minimum absolute atomic E-state index is 0.102. The highest BCUT2D eigenvalue weighted by atomic mass is 16.5. The van der Waals surface area contributed by atoms with E-state index in [2.05, 4.69) is 63.8 Å². The van der Waals surface area contributed by atoms with Crippen molar-refractivity contribution in [1.82, 2.24) is 20.0 Å². The number of nitrogens with zero attached hydrogens (tertiary/aromatic N) is 4. The van der Waals surface area contributed by atoms with E-state index < -0.39 is 0 Å². The molecule has 7 nitrogen and oxygen atoms in total. The van der Waals surface area contributed by atoms with Crippen LogP contribution < -0.4 is 5.32 Å². The second kappa shape index (κ2) is 7.99. The molecule has 33 heavy (non-hydrogen) atoms. The highest BCUT2D eigenvalue weighted by Gasteiger charge is 2.34. The average molecular weight is 440 g/mol. The predicted octanol–water partition coefficient (Wildman–Crippen LogP) is 4.97. The Morgan fingerprint density at radius 3 is 2.76 bits per heavy atom. The zero-order valence-corrected chi connectivity index (χ0v) is 18.5. The molecule has 2 aliphatic carbocycles. The van der Waals surface area contributed by atoms with E-state index in [9.17, 15) is 4.79 Å². The Morgan fingerprint density at radius 2 is 2.00 bits per heavy atom. The zero-order valence-electron chi connectivity index (χ0n) is 18.5. The molecule has 2 fully saturated rings. The first kappa shape index (κ1) is 19.9. The summed E-state index contributed by atoms with van der Waals surface area (Å²) in [6.07, 6.45) is 7.58. The van der Waals surface area contributed by atoms with Gasteiger partial charge in [0.1, 0.15) is 12.1 Å². The van der Waals surface area contributed by atoms with E-state index in [1.807, 2.05) is 4.90 Å². The second-order valence-electron chi connectivity index (χ2n) is 9.07. The largest absolute Gasteiger partial charge is 0.367 e. The summed E-state index contributed by atoms with van der Waals surface area (Å²) in [6.45, 7) is 2.66. The van der Waals surface area contributed by atoms with Gasteiger partial charge in [-0.15, -0.1) is 0 Å². The Bertz CT molecular complexity index is 1330. The minimum atomic E-state index is -0.102. The van der Waals surface area contributed by atoms with Crippen molar-refractivity contribution in [1.29, 1.82) is 0 Å². The highest BCUT2D eigenvalue weighted by molar-refractivity contribution is 5.94. The van der Waals surface area contributed by atoms with Crippen molar-refractivity contribution in [2.45, 2.75) is 51.2 Å². The molecule has 2 aromatic heterocycles. The third kappa shape index (κ3) is 4.06. The number of rotatable bonds is 7. The maximum Gasteiger partial charge on any atom is 0.293 e. The SMILES string of the molecule is Cc1cc2ncnc(NC3CC3)c2cc1-c1cccc(CN(C(=O)c2ccno2)C2CC2)c1. The fourth-order valence-corrected chi connectivity index (χ4v) is 4.31. The summed E-state index contributed by atoms with van der Waals surface area (Å²) >= 11 is 0. The van der Waals surface area contributed by atoms with Crippen molar-refractivity contribution in [3.63, 3.8) is 0 Å². The first-order chi connectivity index (χ1) is 16.2. The first-order valence-corrected chi connectivity index (χ1v) is 11.5. The number of hydrogen-bond acceptors (Lipinski definition) is 6. The smallest absolute Gasteiger partial charge is 0.293 e. The van der Waals surface area contributed by atoms with Gasteiger partial charge in [0.05, 0.1) is 11.7 Å². The Labute approximate surface area is 191 Å². The van der Waals surface area contributed by atoms with Crippen molar-refractivity contribution in [2.75, 3.05) is 5.32 Å². The van der Waals surface area contributed by atoms with Gasteiger partial charge in [0.25, 0.3) is 5.91 Å². The molecule has 0 unspecified atom stereocenters. The molecule has 1 N–H and O–H groups in total. The van der Waals surface area contributed by atoms with Gasteiger partial charge in [0, 0.05) is 30.1 Å². The molecule has 2 heterocycles. The summed E-state index contributed by atoms with van der Waals surface area (Å²) in [4.78, 5) is 23.8. The van der Waals surface area contributed by atoms with Gasteiger partial charge in [-0.3, -0.25) is 4.79 Å². The molecule has 2 aliphatic rings. The molecule has 0 saturated heterocycles. The summed E-state index contributed by atoms with van der Waals surface area (Å²) in [6, 6.07) is 15.2. The van der Waals surface area contributed by atoms with Gasteiger partial charge in [0.2, 0.25) is 5.76 Å². The topological polar surface area (TPSA) is 84.2 Å². The Balaban J connectivity index is 1.33. The minimum Gasteiger partial charge on any atom is -0.367 e. The van der Waals surface area contributed by atoms with Gasteiger partial charge in [-0.05, 0) is 73.1 Å². The van der Waals surface area contributed by atoms with E-state index in [4.69, 9.17) is 4.52 Å². The van der Waals surface area contributed by atoms with Crippen LogP contribution in [0.3, 0.4) is 0 Å². The van der Waals surface area contributed by atoms with Crippen LogP contribution in [0.25, 0.3) is 22.0 Å². The van der Waals surface area contributed by atoms with Crippen LogP contribution in [0.2, 0.25) is 0 Å². The van der Waals surface area contributed by atoms with Gasteiger partial charge < -0.3 is 14.7 Å². The lowest BCUT2D eigenvalue weighted by molar-refractivity contribution is 0.0687. The monoisotopic (exact) mass is 439 g/mol. The standard InChI is InChI=1S/C26H25N5O2/c1-16-11-23-22(25(28-15-27-23)30-19-5-6-19)13-21(16)18-4-2-3-17(12-18)14-31(20-7-8-20)26(32)24-9-10-29-33-24/h2-4,9-13,15,19-20H,5-8,14H2,1H3,(H,27,28,30). The summed E-state index contributed by atoms with van der Waals surface area (Å²) in [5.74, 6) is 1.09. The van der Waals surface area contributed by atoms with Crippen molar-refractivity contribution >= 4 is 22.6 Å². The van der Waals surface area contributed by atoms with Gasteiger partial charge >= 0.3 is 0 Å². The normalized spacial score (nSPS) is 15.5. The molecular formula is C26H25N5O2. The van der Waals surface area contributed by atoms with E-state index in [0.717, 1.165) is 51.8 Å². The van der Waals surface area contributed by atoms with Crippen LogP contribution in [0.15, 0.2) is 59.5 Å². The summed E-state index contributed by atoms with van der Waals surface area (Å²) < 4.78 is 5.13. The van der Waals surface area contributed by atoms with E-state index in [1.165, 1.54) is 19.0 Å². The fraction of sp³-hybridized carbons (Fsp3) is 0.308. The molecule has 2 aromatic carbocycles. The molecule has 1 amide bonds. The summed E-state index contributed by atoms with van der Waals surface area (Å²) in [5, 5.41) is 8.26. The molecule has 0 aliphatic heterocycles. The lowest BCUT2D eigenvalue weighted by Crippen LogP contribution is -2.32. The number of carbonyl (C=O) groups excluding carboxylic acids is 1. The third-order valence-electron chi connectivity index (χ3n) is 6.39. The molecule has 0 bridgehead atoms. The third-order valence-corrected chi connectivity index (χ3v) is 6.39. The number of anilines is 1. The molecule has 166 valence electrons. The molecule has 4 aromatic rings. The molecular weight excluding hydrogens is 414 g/mol. The van der Waals surface area contributed by atoms with Crippen molar-refractivity contribution < 1.29 is 9.32 Å². The molecule has 6 rings (SSSR count). The molecule has 0 radical (unpaired) electrons. The number of carbonyl (C=O) groups is 1. The molecule has 2 saturated carbocycles. The van der Waals surface area contributed by atoms with Crippen LogP contribution in [-0.4, -0.2) is 38.0 Å². The summed E-state index contributed by atoms with van der Waals surface area (Å²) in [7, 11) is 0. The van der Waals surface area contributed by atoms with Gasteiger partial charge in [-0.1, -0.05) is 23.4 Å². The van der Waals surface area contributed by atoms with Crippen molar-refractivity contribution in [3.05, 3.63) is 71.9 Å². The zero-order chi connectivity index (χ0) is 22.4. The molecule has 0 atom stereocenters. The lowest BCUT2D eigenvalue weighted by Gasteiger charge is -2.21. The summed E-state index contributed by atoms with van der Waals surface area (Å²) in [5.41, 5.74) is 5.47. The first-order valence-electron chi connectivity index (χ1n) is 11.5. The molecule has 7 heteroatoms. The predicted molar refractivity (Wildman–Crippen MR) is 126 cm³/mol. The number of aromatic nitrogens is 3. The maximum absolute atomic E-state index is 12.9.